The standard InChI is InChI=1S/C29H44O/c1-3-5-6-7-23-8-10-24(11-9-23)25-12-14-26(15-13-25)27(30)22-29-19-16-28(4-2,17-20-29)18-21-29/h12-15,23-24H,3-11,16-22H2,1-2H3. The normalized spacial score (nSPS) is 33.5. The van der Waals surface area contributed by atoms with Crippen molar-refractivity contribution in [2.75, 3.05) is 0 Å². The number of rotatable bonds is 9. The van der Waals surface area contributed by atoms with Crippen molar-refractivity contribution in [1.29, 1.82) is 0 Å². The zero-order chi connectivity index (χ0) is 21.0. The number of fused-ring (bicyclic) bond motifs is 3. The van der Waals surface area contributed by atoms with Gasteiger partial charge >= 0.3 is 0 Å². The number of Topliss-reactive ketones (excluding diaryl/α,β-unsaturated/α-hetero) is 1. The van der Waals surface area contributed by atoms with Crippen molar-refractivity contribution in [2.24, 2.45) is 16.7 Å². The van der Waals surface area contributed by atoms with Crippen molar-refractivity contribution in [3.8, 4) is 0 Å². The maximum Gasteiger partial charge on any atom is 0.163 e. The first-order valence-electron chi connectivity index (χ1n) is 13.2. The lowest BCUT2D eigenvalue weighted by atomic mass is 9.52. The smallest absolute Gasteiger partial charge is 0.163 e. The summed E-state index contributed by atoms with van der Waals surface area (Å²) in [5.74, 6) is 2.08. The number of hydrogen-bond acceptors (Lipinski definition) is 1. The van der Waals surface area contributed by atoms with E-state index in [0.717, 1.165) is 17.9 Å². The van der Waals surface area contributed by atoms with E-state index in [4.69, 9.17) is 0 Å². The first kappa shape index (κ1) is 22.1. The van der Waals surface area contributed by atoms with Gasteiger partial charge in [-0.25, -0.2) is 0 Å². The van der Waals surface area contributed by atoms with Crippen LogP contribution in [0, 0.1) is 16.7 Å². The van der Waals surface area contributed by atoms with Gasteiger partial charge in [-0.3, -0.25) is 4.79 Å². The van der Waals surface area contributed by atoms with Crippen LogP contribution in [-0.2, 0) is 0 Å². The van der Waals surface area contributed by atoms with Crippen molar-refractivity contribution in [3.05, 3.63) is 35.4 Å². The molecule has 0 amide bonds. The zero-order valence-corrected chi connectivity index (χ0v) is 19.7. The molecule has 1 aromatic carbocycles. The van der Waals surface area contributed by atoms with E-state index < -0.39 is 0 Å². The molecular formula is C29H44O. The molecule has 4 aliphatic rings. The van der Waals surface area contributed by atoms with Gasteiger partial charge in [-0.05, 0) is 92.4 Å². The van der Waals surface area contributed by atoms with Crippen molar-refractivity contribution in [1.82, 2.24) is 0 Å². The van der Waals surface area contributed by atoms with Crippen molar-refractivity contribution < 1.29 is 4.79 Å². The Balaban J connectivity index is 1.28. The predicted octanol–water partition coefficient (Wildman–Crippen LogP) is 8.86. The summed E-state index contributed by atoms with van der Waals surface area (Å²) >= 11 is 0. The average molecular weight is 409 g/mol. The molecular weight excluding hydrogens is 364 g/mol. The van der Waals surface area contributed by atoms with Crippen LogP contribution in [0.3, 0.4) is 0 Å². The van der Waals surface area contributed by atoms with Crippen LogP contribution in [0.2, 0.25) is 0 Å². The maximum absolute atomic E-state index is 13.1. The monoisotopic (exact) mass is 408 g/mol. The molecule has 0 atom stereocenters. The second kappa shape index (κ2) is 9.58. The van der Waals surface area contributed by atoms with Gasteiger partial charge in [-0.1, -0.05) is 70.2 Å². The van der Waals surface area contributed by atoms with E-state index in [1.165, 1.54) is 102 Å². The highest BCUT2D eigenvalue weighted by molar-refractivity contribution is 5.96. The highest BCUT2D eigenvalue weighted by Crippen LogP contribution is 2.59. The predicted molar refractivity (Wildman–Crippen MR) is 127 cm³/mol. The third kappa shape index (κ3) is 4.86. The minimum absolute atomic E-state index is 0.322. The van der Waals surface area contributed by atoms with Gasteiger partial charge in [0.2, 0.25) is 0 Å². The van der Waals surface area contributed by atoms with Gasteiger partial charge in [-0.2, -0.15) is 0 Å². The van der Waals surface area contributed by atoms with E-state index in [1.54, 1.807) is 0 Å². The first-order valence-corrected chi connectivity index (χ1v) is 13.2. The quantitative estimate of drug-likeness (QED) is 0.294. The summed E-state index contributed by atoms with van der Waals surface area (Å²) in [6.07, 6.45) is 21.1. The summed E-state index contributed by atoms with van der Waals surface area (Å²) < 4.78 is 0. The van der Waals surface area contributed by atoms with Crippen molar-refractivity contribution in [2.45, 2.75) is 122 Å². The van der Waals surface area contributed by atoms with Gasteiger partial charge in [0, 0.05) is 12.0 Å². The minimum atomic E-state index is 0.322. The van der Waals surface area contributed by atoms with Crippen LogP contribution in [0.4, 0.5) is 0 Å². The molecule has 0 spiro atoms. The number of ketones is 1. The van der Waals surface area contributed by atoms with E-state index in [2.05, 4.69) is 38.1 Å². The molecule has 1 aromatic rings. The van der Waals surface area contributed by atoms with E-state index in [0.29, 0.717) is 22.5 Å². The first-order chi connectivity index (χ1) is 14.6. The lowest BCUT2D eigenvalue weighted by Gasteiger charge is -2.53. The third-order valence-electron chi connectivity index (χ3n) is 9.61. The Bertz CT molecular complexity index is 667. The van der Waals surface area contributed by atoms with Crippen LogP contribution in [0.25, 0.3) is 0 Å². The second-order valence-electron chi connectivity index (χ2n) is 11.3. The molecule has 0 aromatic heterocycles. The van der Waals surface area contributed by atoms with E-state index >= 15 is 0 Å². The Morgan fingerprint density at radius 3 is 2.00 bits per heavy atom. The molecule has 1 heteroatoms. The topological polar surface area (TPSA) is 17.1 Å². The molecule has 0 aliphatic heterocycles. The van der Waals surface area contributed by atoms with E-state index in [1.807, 2.05) is 0 Å². The molecule has 0 heterocycles. The summed E-state index contributed by atoms with van der Waals surface area (Å²) in [4.78, 5) is 13.1. The number of hydrogen-bond donors (Lipinski definition) is 0. The van der Waals surface area contributed by atoms with Crippen LogP contribution >= 0.6 is 0 Å². The summed E-state index contributed by atoms with van der Waals surface area (Å²) in [6, 6.07) is 8.83. The lowest BCUT2D eigenvalue weighted by Crippen LogP contribution is -2.42. The van der Waals surface area contributed by atoms with Crippen LogP contribution in [0.5, 0.6) is 0 Å². The van der Waals surface area contributed by atoms with Gasteiger partial charge in [0.1, 0.15) is 0 Å². The van der Waals surface area contributed by atoms with E-state index in [-0.39, 0.29) is 0 Å². The molecule has 2 bridgehead atoms. The molecule has 0 saturated heterocycles. The Labute approximate surface area is 185 Å². The Morgan fingerprint density at radius 1 is 0.833 bits per heavy atom. The Kier molecular flexibility index (Phi) is 7.05. The Morgan fingerprint density at radius 2 is 1.43 bits per heavy atom. The van der Waals surface area contributed by atoms with E-state index in [9.17, 15) is 4.79 Å². The van der Waals surface area contributed by atoms with Gasteiger partial charge in [-0.15, -0.1) is 0 Å². The molecule has 0 N–H and O–H groups in total. The molecule has 0 radical (unpaired) electrons. The fourth-order valence-corrected chi connectivity index (χ4v) is 6.99. The van der Waals surface area contributed by atoms with Gasteiger partial charge < -0.3 is 0 Å². The van der Waals surface area contributed by atoms with Crippen LogP contribution in [-0.4, -0.2) is 5.78 Å². The highest BCUT2D eigenvalue weighted by atomic mass is 16.1. The van der Waals surface area contributed by atoms with Gasteiger partial charge in [0.05, 0.1) is 0 Å². The fourth-order valence-electron chi connectivity index (χ4n) is 6.99. The largest absolute Gasteiger partial charge is 0.294 e. The van der Waals surface area contributed by atoms with Crippen molar-refractivity contribution in [3.63, 3.8) is 0 Å². The van der Waals surface area contributed by atoms with Gasteiger partial charge in [0.25, 0.3) is 0 Å². The number of carbonyl (C=O) groups is 1. The van der Waals surface area contributed by atoms with Crippen LogP contribution < -0.4 is 0 Å². The number of benzene rings is 1. The average Bonchev–Trinajstić information content (AvgIpc) is 2.81. The summed E-state index contributed by atoms with van der Waals surface area (Å²) in [7, 11) is 0. The molecule has 4 aliphatic carbocycles. The SMILES string of the molecule is CCCCCC1CCC(c2ccc(C(=O)CC34CCC(CC)(CC3)CC4)cc2)CC1. The summed E-state index contributed by atoms with van der Waals surface area (Å²) in [5.41, 5.74) is 3.38. The molecule has 30 heavy (non-hydrogen) atoms. The maximum atomic E-state index is 13.1. The fraction of sp³-hybridized carbons (Fsp3) is 0.759. The number of unbranched alkanes of at least 4 members (excludes halogenated alkanes) is 2. The molecule has 4 saturated carbocycles. The molecule has 166 valence electrons. The molecule has 0 unspecified atom stereocenters. The number of carbonyl (C=O) groups excluding carboxylic acids is 1. The minimum Gasteiger partial charge on any atom is -0.294 e. The van der Waals surface area contributed by atoms with Crippen molar-refractivity contribution >= 4 is 5.78 Å². The highest BCUT2D eigenvalue weighted by Gasteiger charge is 2.48. The van der Waals surface area contributed by atoms with Crippen LogP contribution in [0.1, 0.15) is 138 Å². The zero-order valence-electron chi connectivity index (χ0n) is 19.7. The summed E-state index contributed by atoms with van der Waals surface area (Å²) in [5, 5.41) is 0. The lowest BCUT2D eigenvalue weighted by molar-refractivity contribution is -0.0130. The molecule has 5 rings (SSSR count). The third-order valence-corrected chi connectivity index (χ3v) is 9.61. The molecule has 4 fully saturated rings. The summed E-state index contributed by atoms with van der Waals surface area (Å²) in [6.45, 7) is 4.66. The Hall–Kier alpha value is -1.11. The van der Waals surface area contributed by atoms with Gasteiger partial charge in [0.15, 0.2) is 5.78 Å². The molecule has 1 nitrogen and oxygen atoms in total. The second-order valence-corrected chi connectivity index (χ2v) is 11.3. The van der Waals surface area contributed by atoms with Crippen LogP contribution in [0.15, 0.2) is 24.3 Å².